The minimum atomic E-state index is -0.825. The Morgan fingerprint density at radius 1 is 1.21 bits per heavy atom. The molecule has 0 aliphatic rings. The van der Waals surface area contributed by atoms with Crippen LogP contribution in [-0.4, -0.2) is 50.0 Å². The van der Waals surface area contributed by atoms with Crippen molar-refractivity contribution in [2.75, 3.05) is 27.4 Å². The first kappa shape index (κ1) is 22.4. The van der Waals surface area contributed by atoms with Gasteiger partial charge >= 0.3 is 11.8 Å². The van der Waals surface area contributed by atoms with Crippen molar-refractivity contribution in [3.8, 4) is 11.4 Å². The molecule has 156 valence electrons. The van der Waals surface area contributed by atoms with Crippen LogP contribution in [-0.2, 0) is 14.3 Å². The maximum atomic E-state index is 11.8. The maximum Gasteiger partial charge on any atom is 0.329 e. The Morgan fingerprint density at radius 3 is 2.62 bits per heavy atom. The van der Waals surface area contributed by atoms with Crippen molar-refractivity contribution in [3.05, 3.63) is 46.2 Å². The Hall–Kier alpha value is -2.84. The zero-order valence-electron chi connectivity index (χ0n) is 16.9. The van der Waals surface area contributed by atoms with Gasteiger partial charge < -0.3 is 19.4 Å². The lowest BCUT2D eigenvalue weighted by Crippen LogP contribution is -2.38. The minimum absolute atomic E-state index is 0.357. The lowest BCUT2D eigenvalue weighted by Gasteiger charge is -2.11. The fourth-order valence-electron chi connectivity index (χ4n) is 2.82. The Kier molecular flexibility index (Phi) is 8.23. The number of hydrogen-bond acceptors (Lipinski definition) is 5. The number of aromatic nitrogens is 1. The van der Waals surface area contributed by atoms with Gasteiger partial charge in [-0.2, -0.15) is 5.10 Å². The highest BCUT2D eigenvalue weighted by atomic mass is 35.5. The standard InChI is InChI=1S/C20H25ClN4O4/c1-13-10-15(12-23-24-20(27)19(26)22-8-5-9-28-3)14(2)25(13)16-6-7-18(29-4)17(21)11-16/h6-7,10-12H,5,8-9H2,1-4H3,(H,22,26)(H,24,27)/b23-12-. The van der Waals surface area contributed by atoms with Gasteiger partial charge in [0.05, 0.1) is 18.3 Å². The summed E-state index contributed by atoms with van der Waals surface area (Å²) >= 11 is 6.24. The predicted molar refractivity (Wildman–Crippen MR) is 112 cm³/mol. The third-order valence-electron chi connectivity index (χ3n) is 4.25. The minimum Gasteiger partial charge on any atom is -0.495 e. The normalized spacial score (nSPS) is 10.9. The van der Waals surface area contributed by atoms with E-state index in [1.807, 2.05) is 36.6 Å². The number of halogens is 1. The Labute approximate surface area is 174 Å². The van der Waals surface area contributed by atoms with E-state index in [9.17, 15) is 9.59 Å². The highest BCUT2D eigenvalue weighted by molar-refractivity contribution is 6.35. The molecule has 0 bridgehead atoms. The van der Waals surface area contributed by atoms with Crippen molar-refractivity contribution < 1.29 is 19.1 Å². The van der Waals surface area contributed by atoms with Gasteiger partial charge in [0.15, 0.2) is 0 Å². The topological polar surface area (TPSA) is 94.0 Å². The number of amides is 2. The molecule has 0 aliphatic carbocycles. The van der Waals surface area contributed by atoms with Crippen LogP contribution < -0.4 is 15.5 Å². The van der Waals surface area contributed by atoms with E-state index in [1.54, 1.807) is 20.3 Å². The van der Waals surface area contributed by atoms with Gasteiger partial charge in [0.25, 0.3) is 0 Å². The summed E-state index contributed by atoms with van der Waals surface area (Å²) in [6, 6.07) is 7.45. The van der Waals surface area contributed by atoms with Crippen LogP contribution in [0, 0.1) is 13.8 Å². The molecule has 1 heterocycles. The second-order valence-corrected chi connectivity index (χ2v) is 6.69. The van der Waals surface area contributed by atoms with E-state index in [0.29, 0.717) is 30.3 Å². The average molecular weight is 421 g/mol. The number of nitrogens with one attached hydrogen (secondary N) is 2. The molecule has 1 aromatic carbocycles. The van der Waals surface area contributed by atoms with Crippen molar-refractivity contribution in [3.63, 3.8) is 0 Å². The molecule has 2 N–H and O–H groups in total. The van der Waals surface area contributed by atoms with Gasteiger partial charge in [0, 0.05) is 42.9 Å². The van der Waals surface area contributed by atoms with Gasteiger partial charge in [0.2, 0.25) is 0 Å². The highest BCUT2D eigenvalue weighted by Gasteiger charge is 2.13. The average Bonchev–Trinajstić information content (AvgIpc) is 2.98. The second kappa shape index (κ2) is 10.6. The van der Waals surface area contributed by atoms with E-state index in [-0.39, 0.29) is 0 Å². The van der Waals surface area contributed by atoms with Gasteiger partial charge in [0.1, 0.15) is 5.75 Å². The van der Waals surface area contributed by atoms with E-state index < -0.39 is 11.8 Å². The zero-order chi connectivity index (χ0) is 21.4. The number of carbonyl (C=O) groups excluding carboxylic acids is 2. The lowest BCUT2D eigenvalue weighted by molar-refractivity contribution is -0.139. The van der Waals surface area contributed by atoms with E-state index in [4.69, 9.17) is 21.1 Å². The van der Waals surface area contributed by atoms with Crippen molar-refractivity contribution in [1.29, 1.82) is 0 Å². The molecule has 0 radical (unpaired) electrons. The van der Waals surface area contributed by atoms with Crippen LogP contribution in [0.15, 0.2) is 29.4 Å². The molecule has 1 aromatic heterocycles. The van der Waals surface area contributed by atoms with Gasteiger partial charge in [-0.15, -0.1) is 0 Å². The molecule has 9 heteroatoms. The summed E-state index contributed by atoms with van der Waals surface area (Å²) in [5, 5.41) is 6.90. The summed E-state index contributed by atoms with van der Waals surface area (Å²) in [5.74, 6) is -0.964. The fraction of sp³-hybridized carbons (Fsp3) is 0.350. The largest absolute Gasteiger partial charge is 0.495 e. The summed E-state index contributed by atoms with van der Waals surface area (Å²) in [6.45, 7) is 4.75. The van der Waals surface area contributed by atoms with Crippen LogP contribution in [0.2, 0.25) is 5.02 Å². The van der Waals surface area contributed by atoms with E-state index >= 15 is 0 Å². The van der Waals surface area contributed by atoms with Crippen LogP contribution in [0.4, 0.5) is 0 Å². The van der Waals surface area contributed by atoms with Crippen LogP contribution in [0.1, 0.15) is 23.4 Å². The van der Waals surface area contributed by atoms with Crippen molar-refractivity contribution in [2.45, 2.75) is 20.3 Å². The SMILES string of the molecule is COCCCNC(=O)C(=O)N/N=C\c1cc(C)n(-c2ccc(OC)c(Cl)c2)c1C. The summed E-state index contributed by atoms with van der Waals surface area (Å²) in [7, 11) is 3.14. The van der Waals surface area contributed by atoms with Crippen molar-refractivity contribution in [1.82, 2.24) is 15.3 Å². The molecule has 0 aliphatic heterocycles. The van der Waals surface area contributed by atoms with Gasteiger partial charge in [-0.25, -0.2) is 5.43 Å². The first-order valence-electron chi connectivity index (χ1n) is 9.02. The van der Waals surface area contributed by atoms with E-state index in [0.717, 1.165) is 22.6 Å². The van der Waals surface area contributed by atoms with Gasteiger partial charge in [-0.3, -0.25) is 9.59 Å². The number of aryl methyl sites for hydroxylation is 1. The Morgan fingerprint density at radius 2 is 1.97 bits per heavy atom. The molecule has 2 amide bonds. The molecular formula is C20H25ClN4O4. The highest BCUT2D eigenvalue weighted by Crippen LogP contribution is 2.28. The smallest absolute Gasteiger partial charge is 0.329 e. The Balaban J connectivity index is 2.05. The zero-order valence-corrected chi connectivity index (χ0v) is 17.7. The molecule has 8 nitrogen and oxygen atoms in total. The van der Waals surface area contributed by atoms with Crippen LogP contribution in [0.5, 0.6) is 5.75 Å². The monoisotopic (exact) mass is 420 g/mol. The third kappa shape index (κ3) is 5.82. The number of carbonyl (C=O) groups is 2. The van der Waals surface area contributed by atoms with Crippen LogP contribution in [0.25, 0.3) is 5.69 Å². The van der Waals surface area contributed by atoms with E-state index in [1.165, 1.54) is 6.21 Å². The summed E-state index contributed by atoms with van der Waals surface area (Å²) in [6.07, 6.45) is 2.13. The summed E-state index contributed by atoms with van der Waals surface area (Å²) in [4.78, 5) is 23.5. The van der Waals surface area contributed by atoms with Gasteiger partial charge in [-0.1, -0.05) is 11.6 Å². The van der Waals surface area contributed by atoms with Gasteiger partial charge in [-0.05, 0) is 44.5 Å². The molecule has 2 aromatic rings. The number of nitrogens with zero attached hydrogens (tertiary/aromatic N) is 2. The van der Waals surface area contributed by atoms with Crippen LogP contribution >= 0.6 is 11.6 Å². The summed E-state index contributed by atoms with van der Waals surface area (Å²) in [5.41, 5.74) is 5.79. The second-order valence-electron chi connectivity index (χ2n) is 6.28. The number of hydrazone groups is 1. The Bertz CT molecular complexity index is 908. The number of ether oxygens (including phenoxy) is 2. The summed E-state index contributed by atoms with van der Waals surface area (Å²) < 4.78 is 12.1. The predicted octanol–water partition coefficient (Wildman–Crippen LogP) is 2.36. The molecule has 0 spiro atoms. The molecule has 0 saturated carbocycles. The van der Waals surface area contributed by atoms with E-state index in [2.05, 4.69) is 15.8 Å². The molecular weight excluding hydrogens is 396 g/mol. The number of benzene rings is 1. The molecule has 0 saturated heterocycles. The lowest BCUT2D eigenvalue weighted by atomic mass is 10.2. The molecule has 2 rings (SSSR count). The number of rotatable bonds is 8. The maximum absolute atomic E-state index is 11.8. The molecule has 0 unspecified atom stereocenters. The van der Waals surface area contributed by atoms with Crippen LogP contribution in [0.3, 0.4) is 0 Å². The van der Waals surface area contributed by atoms with Crippen molar-refractivity contribution in [2.24, 2.45) is 5.10 Å². The quantitative estimate of drug-likeness (QED) is 0.296. The molecule has 29 heavy (non-hydrogen) atoms. The molecule has 0 fully saturated rings. The third-order valence-corrected chi connectivity index (χ3v) is 4.55. The fourth-order valence-corrected chi connectivity index (χ4v) is 3.07. The molecule has 0 atom stereocenters. The first-order valence-corrected chi connectivity index (χ1v) is 9.39. The number of methoxy groups -OCH3 is 2. The van der Waals surface area contributed by atoms with Crippen molar-refractivity contribution >= 4 is 29.6 Å². The number of hydrogen-bond donors (Lipinski definition) is 2. The first-order chi connectivity index (χ1) is 13.9.